The summed E-state index contributed by atoms with van der Waals surface area (Å²) in [5.74, 6) is 0.168. The van der Waals surface area contributed by atoms with E-state index >= 15 is 0 Å². The van der Waals surface area contributed by atoms with Gasteiger partial charge in [0, 0.05) is 6.04 Å². The highest BCUT2D eigenvalue weighted by atomic mass is 32.2. The maximum Gasteiger partial charge on any atom is 0.180 e. The van der Waals surface area contributed by atoms with Crippen molar-refractivity contribution >= 4 is 9.84 Å². The molecule has 0 spiro atoms. The molecule has 3 nitrogen and oxygen atoms in total. The van der Waals surface area contributed by atoms with Crippen LogP contribution >= 0.6 is 0 Å². The van der Waals surface area contributed by atoms with Gasteiger partial charge in [0.05, 0.1) is 10.6 Å². The quantitative estimate of drug-likeness (QED) is 0.863. The van der Waals surface area contributed by atoms with Crippen molar-refractivity contribution in [3.8, 4) is 0 Å². The van der Waals surface area contributed by atoms with Crippen LogP contribution in [0.2, 0.25) is 0 Å². The third-order valence-electron chi connectivity index (χ3n) is 3.13. The van der Waals surface area contributed by atoms with Crippen LogP contribution < -0.4 is 5.32 Å². The van der Waals surface area contributed by atoms with E-state index in [2.05, 4.69) is 12.2 Å². The Bertz CT molecular complexity index is 495. The van der Waals surface area contributed by atoms with Gasteiger partial charge < -0.3 is 5.32 Å². The summed E-state index contributed by atoms with van der Waals surface area (Å²) in [6.07, 6.45) is 1.86. The Morgan fingerprint density at radius 1 is 1.28 bits per heavy atom. The smallest absolute Gasteiger partial charge is 0.180 e. The van der Waals surface area contributed by atoms with Gasteiger partial charge in [0.1, 0.15) is 0 Å². The number of nitrogens with one attached hydrogen (secondary N) is 1. The number of rotatable bonds is 6. The molecule has 0 aromatic heterocycles. The van der Waals surface area contributed by atoms with Gasteiger partial charge in [-0.3, -0.25) is 0 Å². The lowest BCUT2D eigenvalue weighted by molar-refractivity contribution is 0.536. The molecule has 0 radical (unpaired) electrons. The van der Waals surface area contributed by atoms with E-state index in [4.69, 9.17) is 0 Å². The van der Waals surface area contributed by atoms with Crippen LogP contribution in [0.15, 0.2) is 23.1 Å². The first-order valence-electron chi connectivity index (χ1n) is 6.38. The van der Waals surface area contributed by atoms with Crippen LogP contribution in [0.4, 0.5) is 0 Å². The molecule has 0 aliphatic rings. The maximum atomic E-state index is 12.4. The molecular formula is C14H23NO2S. The molecule has 18 heavy (non-hydrogen) atoms. The fourth-order valence-electron chi connectivity index (χ4n) is 2.16. The monoisotopic (exact) mass is 269 g/mol. The van der Waals surface area contributed by atoms with E-state index < -0.39 is 9.84 Å². The number of hydrogen-bond acceptors (Lipinski definition) is 3. The summed E-state index contributed by atoms with van der Waals surface area (Å²) in [6.45, 7) is 5.89. The van der Waals surface area contributed by atoms with E-state index in [0.29, 0.717) is 4.90 Å². The van der Waals surface area contributed by atoms with E-state index in [9.17, 15) is 8.42 Å². The normalized spacial score (nSPS) is 13.6. The minimum Gasteiger partial charge on any atom is -0.316 e. The third-order valence-corrected chi connectivity index (χ3v) is 5.10. The van der Waals surface area contributed by atoms with Gasteiger partial charge in [0.25, 0.3) is 0 Å². The molecule has 0 saturated heterocycles. The van der Waals surface area contributed by atoms with Crippen molar-refractivity contribution in [2.24, 2.45) is 0 Å². The minimum absolute atomic E-state index is 0.0284. The van der Waals surface area contributed by atoms with Crippen molar-refractivity contribution in [3.05, 3.63) is 29.3 Å². The second-order valence-corrected chi connectivity index (χ2v) is 6.83. The second-order valence-electron chi connectivity index (χ2n) is 4.82. The zero-order valence-corrected chi connectivity index (χ0v) is 12.5. The largest absolute Gasteiger partial charge is 0.316 e. The van der Waals surface area contributed by atoms with Gasteiger partial charge >= 0.3 is 0 Å². The minimum atomic E-state index is -3.20. The van der Waals surface area contributed by atoms with Gasteiger partial charge in [0.2, 0.25) is 0 Å². The van der Waals surface area contributed by atoms with Gasteiger partial charge in [-0.25, -0.2) is 8.42 Å². The topological polar surface area (TPSA) is 46.2 Å². The van der Waals surface area contributed by atoms with Crippen LogP contribution in [0.1, 0.15) is 30.9 Å². The van der Waals surface area contributed by atoms with Crippen LogP contribution in [0, 0.1) is 13.8 Å². The number of sulfone groups is 1. The Balaban J connectivity index is 2.99. The standard InChI is InChI=1S/C14H23NO2S/c1-5-6-13(15-4)10-18(16,17)14-8-7-11(2)9-12(14)3/h7-9,13,15H,5-6,10H2,1-4H3. The highest BCUT2D eigenvalue weighted by molar-refractivity contribution is 7.91. The molecule has 0 amide bonds. The molecule has 0 aliphatic carbocycles. The first-order valence-corrected chi connectivity index (χ1v) is 8.03. The molecule has 1 aromatic carbocycles. The van der Waals surface area contributed by atoms with Crippen molar-refractivity contribution in [2.75, 3.05) is 12.8 Å². The molecule has 0 aliphatic heterocycles. The summed E-state index contributed by atoms with van der Waals surface area (Å²) in [4.78, 5) is 0.462. The van der Waals surface area contributed by atoms with Crippen molar-refractivity contribution in [1.29, 1.82) is 0 Å². The van der Waals surface area contributed by atoms with Gasteiger partial charge in [0.15, 0.2) is 9.84 Å². The maximum absolute atomic E-state index is 12.4. The highest BCUT2D eigenvalue weighted by Gasteiger charge is 2.21. The molecule has 0 fully saturated rings. The van der Waals surface area contributed by atoms with Gasteiger partial charge in [-0.15, -0.1) is 0 Å². The Kier molecular flexibility index (Phi) is 5.35. The van der Waals surface area contributed by atoms with Gasteiger partial charge in [-0.1, -0.05) is 31.0 Å². The van der Waals surface area contributed by atoms with Gasteiger partial charge in [-0.05, 0) is 38.9 Å². The van der Waals surface area contributed by atoms with E-state index in [1.165, 1.54) is 0 Å². The first kappa shape index (κ1) is 15.2. The molecule has 0 saturated carbocycles. The Morgan fingerprint density at radius 2 is 1.94 bits per heavy atom. The van der Waals surface area contributed by atoms with Crippen molar-refractivity contribution in [1.82, 2.24) is 5.32 Å². The molecular weight excluding hydrogens is 246 g/mol. The van der Waals surface area contributed by atoms with E-state index in [0.717, 1.165) is 24.0 Å². The second kappa shape index (κ2) is 6.34. The van der Waals surface area contributed by atoms with Gasteiger partial charge in [-0.2, -0.15) is 0 Å². The lowest BCUT2D eigenvalue weighted by Gasteiger charge is -2.16. The summed E-state index contributed by atoms with van der Waals surface area (Å²) < 4.78 is 24.7. The number of aryl methyl sites for hydroxylation is 2. The number of benzene rings is 1. The Hall–Kier alpha value is -0.870. The van der Waals surface area contributed by atoms with Crippen LogP contribution in [-0.2, 0) is 9.84 Å². The molecule has 0 heterocycles. The molecule has 4 heteroatoms. The van der Waals surface area contributed by atoms with Crippen LogP contribution in [0.3, 0.4) is 0 Å². The zero-order chi connectivity index (χ0) is 13.8. The first-order chi connectivity index (χ1) is 8.40. The average molecular weight is 269 g/mol. The van der Waals surface area contributed by atoms with Crippen LogP contribution in [0.5, 0.6) is 0 Å². The lowest BCUT2D eigenvalue weighted by Crippen LogP contribution is -2.33. The van der Waals surface area contributed by atoms with Crippen LogP contribution in [0.25, 0.3) is 0 Å². The summed E-state index contributed by atoms with van der Waals surface area (Å²) >= 11 is 0. The third kappa shape index (κ3) is 3.82. The molecule has 1 aromatic rings. The fraction of sp³-hybridized carbons (Fsp3) is 0.571. The zero-order valence-electron chi connectivity index (χ0n) is 11.7. The molecule has 102 valence electrons. The SMILES string of the molecule is CCCC(CS(=O)(=O)c1ccc(C)cc1C)NC. The molecule has 1 atom stereocenters. The predicted octanol–water partition coefficient (Wildman–Crippen LogP) is 2.47. The Labute approximate surface area is 111 Å². The van der Waals surface area contributed by atoms with Crippen molar-refractivity contribution in [2.45, 2.75) is 44.6 Å². The summed E-state index contributed by atoms with van der Waals surface area (Å²) in [7, 11) is -1.39. The van der Waals surface area contributed by atoms with E-state index in [1.807, 2.05) is 33.0 Å². The van der Waals surface area contributed by atoms with Crippen molar-refractivity contribution in [3.63, 3.8) is 0 Å². The predicted molar refractivity (Wildman–Crippen MR) is 75.7 cm³/mol. The fourth-order valence-corrected chi connectivity index (χ4v) is 4.03. The molecule has 1 rings (SSSR count). The lowest BCUT2D eigenvalue weighted by atomic mass is 10.2. The van der Waals surface area contributed by atoms with E-state index in [1.54, 1.807) is 6.07 Å². The summed E-state index contributed by atoms with van der Waals surface area (Å²) in [5, 5.41) is 3.08. The molecule has 1 unspecified atom stereocenters. The average Bonchev–Trinajstić information content (AvgIpc) is 2.27. The van der Waals surface area contributed by atoms with Crippen LogP contribution in [-0.4, -0.2) is 27.3 Å². The van der Waals surface area contributed by atoms with Crippen molar-refractivity contribution < 1.29 is 8.42 Å². The molecule has 0 bridgehead atoms. The Morgan fingerprint density at radius 3 is 2.44 bits per heavy atom. The van der Waals surface area contributed by atoms with E-state index in [-0.39, 0.29) is 11.8 Å². The number of hydrogen-bond donors (Lipinski definition) is 1. The molecule has 1 N–H and O–H groups in total. The summed E-state index contributed by atoms with van der Waals surface area (Å²) in [6, 6.07) is 5.52. The summed E-state index contributed by atoms with van der Waals surface area (Å²) in [5.41, 5.74) is 1.92. The highest BCUT2D eigenvalue weighted by Crippen LogP contribution is 2.19.